The number of hydrogen-bond acceptors (Lipinski definition) is 6. The average Bonchev–Trinajstić information content (AvgIpc) is 3.30. The van der Waals surface area contributed by atoms with E-state index in [2.05, 4.69) is 10.2 Å². The van der Waals surface area contributed by atoms with Gasteiger partial charge in [0.05, 0.1) is 10.8 Å². The first-order valence-corrected chi connectivity index (χ1v) is 12.0. The lowest BCUT2D eigenvalue weighted by Gasteiger charge is -2.34. The van der Waals surface area contributed by atoms with E-state index in [9.17, 15) is 24.5 Å². The molecule has 10 heteroatoms. The lowest BCUT2D eigenvalue weighted by atomic mass is 10.1. The molecule has 2 aliphatic rings. The number of piperazine rings is 1. The first-order chi connectivity index (χ1) is 17.4. The predicted molar refractivity (Wildman–Crippen MR) is 135 cm³/mol. The minimum Gasteiger partial charge on any atom is -0.355 e. The summed E-state index contributed by atoms with van der Waals surface area (Å²) in [6.45, 7) is 4.13. The third kappa shape index (κ3) is 6.33. The maximum atomic E-state index is 12.6. The highest BCUT2D eigenvalue weighted by molar-refractivity contribution is 6.00. The molecule has 2 aromatic carbocycles. The predicted octanol–water partition coefficient (Wildman–Crippen LogP) is 1.92. The molecule has 2 aliphatic heterocycles. The number of non-ortho nitro benzene ring substituents is 1. The van der Waals surface area contributed by atoms with Crippen molar-refractivity contribution < 1.29 is 19.3 Å². The summed E-state index contributed by atoms with van der Waals surface area (Å²) in [5.41, 5.74) is 1.55. The van der Waals surface area contributed by atoms with Crippen LogP contribution in [0.3, 0.4) is 0 Å². The minimum absolute atomic E-state index is 0.0108. The van der Waals surface area contributed by atoms with Gasteiger partial charge in [0.25, 0.3) is 5.69 Å². The number of rotatable bonds is 8. The number of carbonyl (C=O) groups excluding carboxylic acids is 3. The molecule has 10 nitrogen and oxygen atoms in total. The van der Waals surface area contributed by atoms with Crippen molar-refractivity contribution in [1.29, 1.82) is 0 Å². The molecule has 188 valence electrons. The molecule has 1 N–H and O–H groups in total. The van der Waals surface area contributed by atoms with Crippen LogP contribution >= 0.6 is 0 Å². The van der Waals surface area contributed by atoms with E-state index in [1.807, 2.05) is 30.3 Å². The van der Waals surface area contributed by atoms with Crippen molar-refractivity contribution in [3.8, 4) is 0 Å². The van der Waals surface area contributed by atoms with Crippen molar-refractivity contribution in [3.63, 3.8) is 0 Å². The van der Waals surface area contributed by atoms with Crippen molar-refractivity contribution in [2.24, 2.45) is 5.92 Å². The van der Waals surface area contributed by atoms with Gasteiger partial charge in [-0.05, 0) is 35.9 Å². The largest absolute Gasteiger partial charge is 0.355 e. The molecule has 36 heavy (non-hydrogen) atoms. The highest BCUT2D eigenvalue weighted by Crippen LogP contribution is 2.24. The van der Waals surface area contributed by atoms with Crippen LogP contribution in [0.5, 0.6) is 0 Å². The summed E-state index contributed by atoms with van der Waals surface area (Å²) in [5.74, 6) is -0.596. The van der Waals surface area contributed by atoms with Gasteiger partial charge in [-0.3, -0.25) is 29.4 Å². The smallest absolute Gasteiger partial charge is 0.269 e. The van der Waals surface area contributed by atoms with Crippen molar-refractivity contribution in [2.45, 2.75) is 6.42 Å². The van der Waals surface area contributed by atoms with Crippen LogP contribution in [0, 0.1) is 16.0 Å². The summed E-state index contributed by atoms with van der Waals surface area (Å²) in [6, 6.07) is 15.4. The van der Waals surface area contributed by atoms with Crippen LogP contribution in [0.1, 0.15) is 12.0 Å². The van der Waals surface area contributed by atoms with E-state index in [1.54, 1.807) is 28.0 Å². The molecule has 0 aromatic heterocycles. The Morgan fingerprint density at radius 3 is 2.39 bits per heavy atom. The average molecular weight is 492 g/mol. The number of anilines is 1. The number of nitrogens with one attached hydrogen (secondary N) is 1. The molecule has 2 fully saturated rings. The Morgan fingerprint density at radius 1 is 1.03 bits per heavy atom. The summed E-state index contributed by atoms with van der Waals surface area (Å²) in [5, 5.41) is 13.7. The SMILES string of the molecule is O=C(NCCN1CCN(C(=O)/C=C/c2ccc([N+](=O)[O-])cc2)CC1)C1CC(=O)N(c2ccccc2)C1. The Kier molecular flexibility index (Phi) is 8.06. The maximum Gasteiger partial charge on any atom is 0.269 e. The van der Waals surface area contributed by atoms with Crippen LogP contribution in [-0.2, 0) is 14.4 Å². The number of carbonyl (C=O) groups is 3. The molecule has 0 radical (unpaired) electrons. The summed E-state index contributed by atoms with van der Waals surface area (Å²) in [6.07, 6.45) is 3.36. The molecule has 3 amide bonds. The first-order valence-electron chi connectivity index (χ1n) is 12.0. The van der Waals surface area contributed by atoms with E-state index in [-0.39, 0.29) is 35.7 Å². The molecule has 2 heterocycles. The Hall–Kier alpha value is -4.05. The molecule has 2 aromatic rings. The van der Waals surface area contributed by atoms with Crippen LogP contribution in [0.25, 0.3) is 6.08 Å². The topological polar surface area (TPSA) is 116 Å². The fraction of sp³-hybridized carbons (Fsp3) is 0.346. The highest BCUT2D eigenvalue weighted by Gasteiger charge is 2.35. The molecular formula is C26H29N5O5. The summed E-state index contributed by atoms with van der Waals surface area (Å²) >= 11 is 0. The summed E-state index contributed by atoms with van der Waals surface area (Å²) in [4.78, 5) is 53.3. The zero-order chi connectivity index (χ0) is 25.5. The van der Waals surface area contributed by atoms with Crippen LogP contribution in [0.4, 0.5) is 11.4 Å². The van der Waals surface area contributed by atoms with Gasteiger partial charge in [-0.1, -0.05) is 18.2 Å². The quantitative estimate of drug-likeness (QED) is 0.343. The van der Waals surface area contributed by atoms with E-state index >= 15 is 0 Å². The zero-order valence-corrected chi connectivity index (χ0v) is 19.9. The van der Waals surface area contributed by atoms with Gasteiger partial charge in [0.1, 0.15) is 0 Å². The molecule has 0 aliphatic carbocycles. The number of benzene rings is 2. The van der Waals surface area contributed by atoms with Gasteiger partial charge < -0.3 is 15.1 Å². The van der Waals surface area contributed by atoms with E-state index in [1.165, 1.54) is 18.2 Å². The number of nitro benzene ring substituents is 1. The Morgan fingerprint density at radius 2 is 1.72 bits per heavy atom. The normalized spacial score (nSPS) is 18.6. The Bertz CT molecular complexity index is 1130. The van der Waals surface area contributed by atoms with Crippen molar-refractivity contribution >= 4 is 35.2 Å². The van der Waals surface area contributed by atoms with Crippen LogP contribution in [0.2, 0.25) is 0 Å². The first kappa shape index (κ1) is 25.1. The van der Waals surface area contributed by atoms with Crippen molar-refractivity contribution in [1.82, 2.24) is 15.1 Å². The number of amides is 3. The second-order valence-electron chi connectivity index (χ2n) is 8.88. The lowest BCUT2D eigenvalue weighted by molar-refractivity contribution is -0.384. The van der Waals surface area contributed by atoms with Crippen molar-refractivity contribution in [3.05, 3.63) is 76.4 Å². The van der Waals surface area contributed by atoms with Crippen LogP contribution in [-0.4, -0.2) is 78.3 Å². The Labute approximate surface area is 209 Å². The fourth-order valence-corrected chi connectivity index (χ4v) is 4.39. The zero-order valence-electron chi connectivity index (χ0n) is 19.9. The van der Waals surface area contributed by atoms with E-state index in [0.29, 0.717) is 45.8 Å². The van der Waals surface area contributed by atoms with Crippen LogP contribution < -0.4 is 10.2 Å². The van der Waals surface area contributed by atoms with Gasteiger partial charge in [-0.2, -0.15) is 0 Å². The summed E-state index contributed by atoms with van der Waals surface area (Å²) in [7, 11) is 0. The molecule has 4 rings (SSSR count). The Balaban J connectivity index is 1.15. The number of nitrogens with zero attached hydrogens (tertiary/aromatic N) is 4. The third-order valence-electron chi connectivity index (χ3n) is 6.50. The monoisotopic (exact) mass is 491 g/mol. The van der Waals surface area contributed by atoms with Crippen molar-refractivity contribution in [2.75, 3.05) is 50.7 Å². The van der Waals surface area contributed by atoms with E-state index in [0.717, 1.165) is 11.3 Å². The van der Waals surface area contributed by atoms with Gasteiger partial charge in [0.15, 0.2) is 0 Å². The number of nitro groups is 1. The van der Waals surface area contributed by atoms with E-state index in [4.69, 9.17) is 0 Å². The molecule has 0 bridgehead atoms. The molecule has 0 spiro atoms. The van der Waals surface area contributed by atoms with Gasteiger partial charge >= 0.3 is 0 Å². The molecule has 1 atom stereocenters. The molecule has 2 saturated heterocycles. The second-order valence-corrected chi connectivity index (χ2v) is 8.88. The van der Waals surface area contributed by atoms with E-state index < -0.39 is 4.92 Å². The molecular weight excluding hydrogens is 462 g/mol. The fourth-order valence-electron chi connectivity index (χ4n) is 4.39. The highest BCUT2D eigenvalue weighted by atomic mass is 16.6. The maximum absolute atomic E-state index is 12.6. The number of hydrogen-bond donors (Lipinski definition) is 1. The minimum atomic E-state index is -0.460. The van der Waals surface area contributed by atoms with Gasteiger partial charge in [0.2, 0.25) is 17.7 Å². The van der Waals surface area contributed by atoms with Gasteiger partial charge in [-0.25, -0.2) is 0 Å². The van der Waals surface area contributed by atoms with Crippen LogP contribution in [0.15, 0.2) is 60.7 Å². The summed E-state index contributed by atoms with van der Waals surface area (Å²) < 4.78 is 0. The second kappa shape index (κ2) is 11.6. The number of para-hydroxylation sites is 1. The molecule has 0 saturated carbocycles. The standard InChI is InChI=1S/C26H29N5O5/c32-24(11-8-20-6-9-23(10-7-20)31(35)36)29-16-14-28(15-17-29)13-12-27-26(34)21-18-25(33)30(19-21)22-4-2-1-3-5-22/h1-11,21H,12-19H2,(H,27,34)/b11-8+. The third-order valence-corrected chi connectivity index (χ3v) is 6.50. The lowest BCUT2D eigenvalue weighted by Crippen LogP contribution is -2.50. The molecule has 1 unspecified atom stereocenters. The van der Waals surface area contributed by atoms with Gasteiger partial charge in [-0.15, -0.1) is 0 Å². The van der Waals surface area contributed by atoms with Gasteiger partial charge in [0, 0.05) is 76.1 Å².